The number of rotatable bonds is 5. The van der Waals surface area contributed by atoms with Crippen LogP contribution in [-0.4, -0.2) is 17.6 Å². The van der Waals surface area contributed by atoms with Gasteiger partial charge in [0.25, 0.3) is 0 Å². The lowest BCUT2D eigenvalue weighted by molar-refractivity contribution is 0.0697. The van der Waals surface area contributed by atoms with Crippen molar-refractivity contribution in [1.82, 2.24) is 0 Å². The second-order valence-electron chi connectivity index (χ2n) is 3.23. The first-order valence-corrected chi connectivity index (χ1v) is 4.85. The lowest BCUT2D eigenvalue weighted by atomic mass is 10.1. The first-order valence-electron chi connectivity index (χ1n) is 4.85. The van der Waals surface area contributed by atoms with Crippen LogP contribution in [0.3, 0.4) is 0 Å². The van der Waals surface area contributed by atoms with Crippen LogP contribution in [0.1, 0.15) is 23.2 Å². The van der Waals surface area contributed by atoms with E-state index >= 15 is 0 Å². The van der Waals surface area contributed by atoms with Crippen LogP contribution in [0.25, 0.3) is 0 Å². The second-order valence-corrected chi connectivity index (χ2v) is 3.23. The molecular formula is C12H12FNO2. The van der Waals surface area contributed by atoms with Crippen LogP contribution in [0, 0.1) is 18.2 Å². The second kappa shape index (κ2) is 5.76. The summed E-state index contributed by atoms with van der Waals surface area (Å²) >= 11 is 0. The molecule has 0 unspecified atom stereocenters. The third-order valence-electron chi connectivity index (χ3n) is 2.03. The van der Waals surface area contributed by atoms with E-state index in [1.165, 1.54) is 12.1 Å². The highest BCUT2D eigenvalue weighted by molar-refractivity contribution is 5.94. The van der Waals surface area contributed by atoms with Crippen LogP contribution in [0.15, 0.2) is 18.2 Å². The molecule has 0 amide bonds. The van der Waals surface area contributed by atoms with Crippen LogP contribution in [-0.2, 0) is 0 Å². The highest BCUT2D eigenvalue weighted by Gasteiger charge is 2.10. The van der Waals surface area contributed by atoms with Crippen LogP contribution < -0.4 is 5.32 Å². The van der Waals surface area contributed by atoms with E-state index in [1.54, 1.807) is 0 Å². The molecule has 0 aliphatic carbocycles. The maximum atomic E-state index is 12.8. The molecule has 0 fully saturated rings. The molecule has 2 N–H and O–H groups in total. The number of aromatic carboxylic acids is 1. The zero-order valence-electron chi connectivity index (χ0n) is 8.66. The molecule has 0 heterocycles. The van der Waals surface area contributed by atoms with E-state index in [9.17, 15) is 9.18 Å². The normalized spacial score (nSPS) is 9.50. The number of halogens is 1. The summed E-state index contributed by atoms with van der Waals surface area (Å²) in [7, 11) is 0. The van der Waals surface area contributed by atoms with Crippen molar-refractivity contribution in [2.24, 2.45) is 0 Å². The van der Waals surface area contributed by atoms with Gasteiger partial charge in [-0.3, -0.25) is 0 Å². The van der Waals surface area contributed by atoms with E-state index in [-0.39, 0.29) is 5.56 Å². The fraction of sp³-hybridized carbons (Fsp3) is 0.250. The molecule has 0 aromatic heterocycles. The van der Waals surface area contributed by atoms with Gasteiger partial charge in [-0.25, -0.2) is 9.18 Å². The van der Waals surface area contributed by atoms with Gasteiger partial charge < -0.3 is 10.4 Å². The van der Waals surface area contributed by atoms with E-state index in [2.05, 4.69) is 11.2 Å². The number of terminal acetylenes is 1. The lowest BCUT2D eigenvalue weighted by Crippen LogP contribution is -2.08. The summed E-state index contributed by atoms with van der Waals surface area (Å²) in [6, 6.07) is 3.62. The predicted octanol–water partition coefficient (Wildman–Crippen LogP) is 2.35. The van der Waals surface area contributed by atoms with Crippen molar-refractivity contribution in [2.45, 2.75) is 12.8 Å². The first kappa shape index (κ1) is 12.1. The minimum atomic E-state index is -1.15. The van der Waals surface area contributed by atoms with Gasteiger partial charge in [-0.15, -0.1) is 12.3 Å². The van der Waals surface area contributed by atoms with Gasteiger partial charge in [0, 0.05) is 18.7 Å². The predicted molar refractivity (Wildman–Crippen MR) is 59.9 cm³/mol. The summed E-state index contributed by atoms with van der Waals surface area (Å²) in [6.07, 6.45) is 6.45. The Balaban J connectivity index is 2.72. The van der Waals surface area contributed by atoms with Crippen molar-refractivity contribution >= 4 is 11.7 Å². The Labute approximate surface area is 93.3 Å². The van der Waals surface area contributed by atoms with E-state index < -0.39 is 11.8 Å². The lowest BCUT2D eigenvalue weighted by Gasteiger charge is -2.08. The number of hydrogen-bond acceptors (Lipinski definition) is 2. The Kier molecular flexibility index (Phi) is 4.34. The van der Waals surface area contributed by atoms with Crippen molar-refractivity contribution in [2.75, 3.05) is 11.9 Å². The fourth-order valence-electron chi connectivity index (χ4n) is 1.26. The third kappa shape index (κ3) is 3.28. The van der Waals surface area contributed by atoms with E-state index in [0.29, 0.717) is 18.7 Å². The monoisotopic (exact) mass is 221 g/mol. The molecule has 0 aliphatic rings. The summed E-state index contributed by atoms with van der Waals surface area (Å²) in [5, 5.41) is 11.8. The maximum Gasteiger partial charge on any atom is 0.337 e. The quantitative estimate of drug-likeness (QED) is 0.592. The van der Waals surface area contributed by atoms with Gasteiger partial charge in [0.1, 0.15) is 5.82 Å². The summed E-state index contributed by atoms with van der Waals surface area (Å²) < 4.78 is 12.8. The third-order valence-corrected chi connectivity index (χ3v) is 2.03. The zero-order valence-corrected chi connectivity index (χ0v) is 8.66. The molecule has 0 saturated carbocycles. The van der Waals surface area contributed by atoms with Crippen LogP contribution in [0.4, 0.5) is 10.1 Å². The molecule has 84 valence electrons. The first-order chi connectivity index (χ1) is 7.65. The van der Waals surface area contributed by atoms with Crippen molar-refractivity contribution in [3.8, 4) is 12.3 Å². The summed E-state index contributed by atoms with van der Waals surface area (Å²) in [5.41, 5.74) is 0.339. The Hall–Kier alpha value is -2.02. The molecule has 3 nitrogen and oxygen atoms in total. The molecule has 1 aromatic rings. The van der Waals surface area contributed by atoms with E-state index in [1.807, 2.05) is 0 Å². The molecule has 16 heavy (non-hydrogen) atoms. The molecule has 0 radical (unpaired) electrons. The molecule has 0 aliphatic heterocycles. The van der Waals surface area contributed by atoms with Crippen molar-refractivity contribution in [3.05, 3.63) is 29.6 Å². The number of carboxylic acid groups (broad SMARTS) is 1. The van der Waals surface area contributed by atoms with Crippen LogP contribution >= 0.6 is 0 Å². The molecule has 1 rings (SSSR count). The van der Waals surface area contributed by atoms with Gasteiger partial charge in [0.05, 0.1) is 5.56 Å². The average molecular weight is 221 g/mol. The molecule has 4 heteroatoms. The molecular weight excluding hydrogens is 209 g/mol. The Bertz CT molecular complexity index is 424. The number of anilines is 1. The summed E-state index contributed by atoms with van der Waals surface area (Å²) in [5.74, 6) is 0.767. The molecule has 0 atom stereocenters. The standard InChI is InChI=1S/C12H12FNO2/c1-2-3-4-7-14-11-6-5-9(13)8-10(11)12(15)16/h1,5-6,8,14H,3-4,7H2,(H,15,16). The van der Waals surface area contributed by atoms with Crippen molar-refractivity contribution < 1.29 is 14.3 Å². The SMILES string of the molecule is C#CCCCNc1ccc(F)cc1C(=O)O. The Morgan fingerprint density at radius 2 is 2.31 bits per heavy atom. The van der Waals surface area contributed by atoms with E-state index in [4.69, 9.17) is 11.5 Å². The number of unbranched alkanes of at least 4 members (excludes halogenated alkanes) is 1. The smallest absolute Gasteiger partial charge is 0.337 e. The molecule has 0 spiro atoms. The number of nitrogens with one attached hydrogen (secondary N) is 1. The minimum Gasteiger partial charge on any atom is -0.478 e. The highest BCUT2D eigenvalue weighted by Crippen LogP contribution is 2.17. The largest absolute Gasteiger partial charge is 0.478 e. The van der Waals surface area contributed by atoms with Gasteiger partial charge in [0.2, 0.25) is 0 Å². The molecule has 0 saturated heterocycles. The van der Waals surface area contributed by atoms with Gasteiger partial charge in [0.15, 0.2) is 0 Å². The number of carboxylic acids is 1. The molecule has 1 aromatic carbocycles. The topological polar surface area (TPSA) is 49.3 Å². The number of benzene rings is 1. The van der Waals surface area contributed by atoms with Gasteiger partial charge in [-0.05, 0) is 24.6 Å². The number of hydrogen-bond donors (Lipinski definition) is 2. The van der Waals surface area contributed by atoms with Gasteiger partial charge in [-0.2, -0.15) is 0 Å². The van der Waals surface area contributed by atoms with Crippen molar-refractivity contribution in [1.29, 1.82) is 0 Å². The minimum absolute atomic E-state index is 0.0688. The van der Waals surface area contributed by atoms with Crippen molar-refractivity contribution in [3.63, 3.8) is 0 Å². The summed E-state index contributed by atoms with van der Waals surface area (Å²) in [4.78, 5) is 10.8. The highest BCUT2D eigenvalue weighted by atomic mass is 19.1. The summed E-state index contributed by atoms with van der Waals surface area (Å²) in [6.45, 7) is 0.566. The van der Waals surface area contributed by atoms with Crippen LogP contribution in [0.2, 0.25) is 0 Å². The maximum absolute atomic E-state index is 12.8. The Morgan fingerprint density at radius 1 is 1.56 bits per heavy atom. The Morgan fingerprint density at radius 3 is 2.94 bits per heavy atom. The zero-order chi connectivity index (χ0) is 12.0. The number of carbonyl (C=O) groups is 1. The fourth-order valence-corrected chi connectivity index (χ4v) is 1.26. The van der Waals surface area contributed by atoms with Gasteiger partial charge in [-0.1, -0.05) is 0 Å². The van der Waals surface area contributed by atoms with Crippen LogP contribution in [0.5, 0.6) is 0 Å². The molecule has 0 bridgehead atoms. The van der Waals surface area contributed by atoms with E-state index in [0.717, 1.165) is 12.5 Å². The van der Waals surface area contributed by atoms with Gasteiger partial charge >= 0.3 is 5.97 Å². The average Bonchev–Trinajstić information content (AvgIpc) is 2.26.